The number of piperazine rings is 1. The van der Waals surface area contributed by atoms with Crippen molar-refractivity contribution in [3.05, 3.63) is 60.1 Å². The number of furan rings is 1. The summed E-state index contributed by atoms with van der Waals surface area (Å²) in [6, 6.07) is 11.8. The highest BCUT2D eigenvalue weighted by Gasteiger charge is 2.30. The van der Waals surface area contributed by atoms with Crippen LogP contribution in [0.4, 0.5) is 5.82 Å². The topological polar surface area (TPSA) is 91.6 Å². The third-order valence-electron chi connectivity index (χ3n) is 6.71. The molecule has 1 saturated heterocycles. The molecule has 0 spiro atoms. The number of nitrogens with zero attached hydrogens (tertiary/aromatic N) is 4. The number of aryl methyl sites for hydroxylation is 1. The molecule has 0 amide bonds. The van der Waals surface area contributed by atoms with E-state index in [-0.39, 0.29) is 6.04 Å². The van der Waals surface area contributed by atoms with E-state index >= 15 is 0 Å². The van der Waals surface area contributed by atoms with Gasteiger partial charge in [-0.15, -0.1) is 11.3 Å². The Morgan fingerprint density at radius 2 is 1.86 bits per heavy atom. The van der Waals surface area contributed by atoms with Crippen molar-refractivity contribution in [2.45, 2.75) is 43.9 Å². The van der Waals surface area contributed by atoms with Gasteiger partial charge in [0.05, 0.1) is 16.7 Å². The molecule has 8 nitrogen and oxygen atoms in total. The van der Waals surface area contributed by atoms with Gasteiger partial charge in [-0.2, -0.15) is 4.31 Å². The number of nitrogens with one attached hydrogen (secondary N) is 1. The number of fused-ring (bicyclic) bond motifs is 1. The number of hydrogen-bond donors (Lipinski definition) is 1. The first-order chi connectivity index (χ1) is 17.7. The van der Waals surface area contributed by atoms with Crippen molar-refractivity contribution in [3.8, 4) is 10.6 Å². The van der Waals surface area contributed by atoms with Gasteiger partial charge in [0.2, 0.25) is 0 Å². The van der Waals surface area contributed by atoms with Crippen LogP contribution < -0.4 is 5.32 Å². The molecule has 3 aromatic heterocycles. The van der Waals surface area contributed by atoms with Gasteiger partial charge < -0.3 is 9.73 Å². The largest absolute Gasteiger partial charge is 0.463 e. The Bertz CT molecular complexity index is 1490. The molecule has 1 aliphatic heterocycles. The molecule has 4 heterocycles. The molecule has 10 heteroatoms. The SMILES string of the molecule is Cc1coc(-c2ccc(S(=O)(=O)N3CCN(C[C@H](C)Nc4ncnc5c(C(C)C)cccc45)CC3)s2)c1. The molecular weight excluding hydrogens is 506 g/mol. The van der Waals surface area contributed by atoms with Gasteiger partial charge in [0.1, 0.15) is 22.1 Å². The number of aromatic nitrogens is 2. The first-order valence-corrected chi connectivity index (χ1v) is 14.9. The van der Waals surface area contributed by atoms with Gasteiger partial charge in [-0.3, -0.25) is 4.90 Å². The van der Waals surface area contributed by atoms with E-state index in [4.69, 9.17) is 4.42 Å². The summed E-state index contributed by atoms with van der Waals surface area (Å²) in [5.74, 6) is 1.92. The van der Waals surface area contributed by atoms with Crippen molar-refractivity contribution >= 4 is 38.1 Å². The highest BCUT2D eigenvalue weighted by molar-refractivity contribution is 7.91. The average Bonchev–Trinajstić information content (AvgIpc) is 3.54. The molecule has 0 saturated carbocycles. The number of sulfonamides is 1. The Hall–Kier alpha value is -2.79. The zero-order chi connectivity index (χ0) is 26.2. The van der Waals surface area contributed by atoms with Gasteiger partial charge in [0.25, 0.3) is 10.0 Å². The zero-order valence-electron chi connectivity index (χ0n) is 21.6. The predicted octanol–water partition coefficient (Wildman–Crippen LogP) is 5.19. The molecule has 5 rings (SSSR count). The first kappa shape index (κ1) is 25.8. The fourth-order valence-electron chi connectivity index (χ4n) is 4.79. The van der Waals surface area contributed by atoms with Gasteiger partial charge in [-0.25, -0.2) is 18.4 Å². The standard InChI is InChI=1S/C27H33N5O3S2/c1-18(2)21-6-5-7-22-26(21)28-17-29-27(22)30-20(4)15-31-10-12-32(13-11-31)37(33,34)25-9-8-24(36-25)23-14-19(3)16-35-23/h5-9,14,16-18,20H,10-13,15H2,1-4H3,(H,28,29,30)/t20-/m0/s1. The van der Waals surface area contributed by atoms with Crippen LogP contribution in [0.25, 0.3) is 21.5 Å². The second-order valence-electron chi connectivity index (χ2n) is 9.98. The van der Waals surface area contributed by atoms with Crippen LogP contribution in [-0.4, -0.2) is 66.4 Å². The van der Waals surface area contributed by atoms with E-state index in [9.17, 15) is 8.42 Å². The van der Waals surface area contributed by atoms with Crippen molar-refractivity contribution < 1.29 is 12.8 Å². The molecule has 1 aromatic carbocycles. The number of hydrogen-bond acceptors (Lipinski definition) is 8. The quantitative estimate of drug-likeness (QED) is 0.329. The first-order valence-electron chi connectivity index (χ1n) is 12.6. The maximum absolute atomic E-state index is 13.3. The minimum Gasteiger partial charge on any atom is -0.463 e. The molecule has 1 atom stereocenters. The number of thiophene rings is 1. The van der Waals surface area contributed by atoms with E-state index in [2.05, 4.69) is 59.2 Å². The Morgan fingerprint density at radius 1 is 1.08 bits per heavy atom. The average molecular weight is 540 g/mol. The fourth-order valence-corrected chi connectivity index (χ4v) is 7.63. The van der Waals surface area contributed by atoms with Crippen LogP contribution in [0.2, 0.25) is 0 Å². The second kappa shape index (κ2) is 10.5. The third kappa shape index (κ3) is 5.43. The van der Waals surface area contributed by atoms with Crippen LogP contribution in [0, 0.1) is 6.92 Å². The van der Waals surface area contributed by atoms with E-state index < -0.39 is 10.0 Å². The van der Waals surface area contributed by atoms with Gasteiger partial charge in [0, 0.05) is 44.2 Å². The van der Waals surface area contributed by atoms with Gasteiger partial charge in [-0.1, -0.05) is 26.0 Å². The molecule has 1 aliphatic rings. The molecule has 0 unspecified atom stereocenters. The lowest BCUT2D eigenvalue weighted by Gasteiger charge is -2.35. The minimum atomic E-state index is -3.53. The third-order valence-corrected chi connectivity index (χ3v) is 10.2. The molecule has 0 aliphatic carbocycles. The highest BCUT2D eigenvalue weighted by atomic mass is 32.2. The molecule has 1 fully saturated rings. The lowest BCUT2D eigenvalue weighted by molar-refractivity contribution is 0.184. The maximum Gasteiger partial charge on any atom is 0.252 e. The summed E-state index contributed by atoms with van der Waals surface area (Å²) in [6.07, 6.45) is 3.30. The van der Waals surface area contributed by atoms with E-state index in [1.54, 1.807) is 23.0 Å². The maximum atomic E-state index is 13.3. The Kier molecular flexibility index (Phi) is 7.35. The predicted molar refractivity (Wildman–Crippen MR) is 149 cm³/mol. The fraction of sp³-hybridized carbons (Fsp3) is 0.407. The van der Waals surface area contributed by atoms with Crippen molar-refractivity contribution in [1.82, 2.24) is 19.2 Å². The van der Waals surface area contributed by atoms with Gasteiger partial charge in [-0.05, 0) is 55.2 Å². The van der Waals surface area contributed by atoms with Gasteiger partial charge in [0.15, 0.2) is 0 Å². The van der Waals surface area contributed by atoms with E-state index in [0.29, 0.717) is 42.1 Å². The minimum absolute atomic E-state index is 0.139. The number of para-hydroxylation sites is 1. The molecule has 4 aromatic rings. The number of rotatable bonds is 8. The van der Waals surface area contributed by atoms with Crippen molar-refractivity contribution in [3.63, 3.8) is 0 Å². The van der Waals surface area contributed by atoms with Gasteiger partial charge >= 0.3 is 0 Å². The van der Waals surface area contributed by atoms with E-state index in [0.717, 1.165) is 33.7 Å². The highest BCUT2D eigenvalue weighted by Crippen LogP contribution is 2.33. The summed E-state index contributed by atoms with van der Waals surface area (Å²) < 4.78 is 34.0. The van der Waals surface area contributed by atoms with Crippen molar-refractivity contribution in [2.24, 2.45) is 0 Å². The summed E-state index contributed by atoms with van der Waals surface area (Å²) in [5, 5.41) is 4.58. The van der Waals surface area contributed by atoms with Crippen LogP contribution in [-0.2, 0) is 10.0 Å². The molecule has 0 bridgehead atoms. The zero-order valence-corrected chi connectivity index (χ0v) is 23.3. The lowest BCUT2D eigenvalue weighted by Crippen LogP contribution is -2.50. The van der Waals surface area contributed by atoms with Crippen molar-refractivity contribution in [2.75, 3.05) is 38.0 Å². The Labute approximate surface area is 222 Å². The Balaban J connectivity index is 1.20. The van der Waals surface area contributed by atoms with Crippen molar-refractivity contribution in [1.29, 1.82) is 0 Å². The monoisotopic (exact) mass is 539 g/mol. The van der Waals surface area contributed by atoms with Crippen LogP contribution in [0.5, 0.6) is 0 Å². The summed E-state index contributed by atoms with van der Waals surface area (Å²) in [6.45, 7) is 11.5. The summed E-state index contributed by atoms with van der Waals surface area (Å²) in [5.41, 5.74) is 3.21. The summed E-state index contributed by atoms with van der Waals surface area (Å²) in [7, 11) is -3.53. The smallest absolute Gasteiger partial charge is 0.252 e. The van der Waals surface area contributed by atoms with E-state index in [1.807, 2.05) is 19.1 Å². The van der Waals surface area contributed by atoms with Crippen LogP contribution in [0.1, 0.15) is 37.8 Å². The summed E-state index contributed by atoms with van der Waals surface area (Å²) >= 11 is 1.26. The molecular formula is C27H33N5O3S2. The normalized spacial score (nSPS) is 16.5. The van der Waals surface area contributed by atoms with Crippen LogP contribution in [0.3, 0.4) is 0 Å². The van der Waals surface area contributed by atoms with E-state index in [1.165, 1.54) is 16.9 Å². The number of anilines is 1. The van der Waals surface area contributed by atoms with Crippen LogP contribution >= 0.6 is 11.3 Å². The molecule has 196 valence electrons. The Morgan fingerprint density at radius 3 is 2.57 bits per heavy atom. The summed E-state index contributed by atoms with van der Waals surface area (Å²) in [4.78, 5) is 12.2. The molecule has 1 N–H and O–H groups in total. The number of benzene rings is 1. The second-order valence-corrected chi connectivity index (χ2v) is 13.2. The molecule has 37 heavy (non-hydrogen) atoms. The van der Waals surface area contributed by atoms with Crippen LogP contribution in [0.15, 0.2) is 57.6 Å². The lowest BCUT2D eigenvalue weighted by atomic mass is 10.00. The molecule has 0 radical (unpaired) electrons.